The number of rotatable bonds is 4. The maximum absolute atomic E-state index is 12.5. The predicted molar refractivity (Wildman–Crippen MR) is 102 cm³/mol. The standard InChI is InChI=1S/C20H20N4O2S/c1-13-21-9-14-16(22-13)10-26-20(14)11-24(12-20)19(25)8-4-7-18-23-15-5-2-3-6-17(15)27-18/h2-3,5-6,9H,4,7-8,10-12H2,1H3. The highest BCUT2D eigenvalue weighted by molar-refractivity contribution is 7.18. The first-order valence-corrected chi connectivity index (χ1v) is 10.0. The normalized spacial score (nSPS) is 17.3. The second-order valence-corrected chi connectivity index (χ2v) is 8.35. The van der Waals surface area contributed by atoms with Crippen LogP contribution in [0.25, 0.3) is 10.2 Å². The summed E-state index contributed by atoms with van der Waals surface area (Å²) in [7, 11) is 0. The van der Waals surface area contributed by atoms with Gasteiger partial charge in [-0.15, -0.1) is 11.3 Å². The average Bonchev–Trinajstić information content (AvgIpc) is 3.20. The fourth-order valence-electron chi connectivity index (χ4n) is 3.88. The first kappa shape index (κ1) is 16.8. The maximum atomic E-state index is 12.5. The Hall–Kier alpha value is -2.38. The van der Waals surface area contributed by atoms with E-state index in [1.54, 1.807) is 11.3 Å². The van der Waals surface area contributed by atoms with Gasteiger partial charge in [-0.1, -0.05) is 12.1 Å². The molecule has 1 amide bonds. The third-order valence-corrected chi connectivity index (χ3v) is 6.43. The number of carbonyl (C=O) groups excluding carboxylic acids is 1. The molecule has 2 aromatic heterocycles. The number of para-hydroxylation sites is 1. The number of carbonyl (C=O) groups is 1. The molecule has 0 unspecified atom stereocenters. The zero-order valence-corrected chi connectivity index (χ0v) is 16.0. The number of amides is 1. The fraction of sp³-hybridized carbons (Fsp3) is 0.400. The number of thiazole rings is 1. The quantitative estimate of drug-likeness (QED) is 0.696. The molecule has 1 aromatic carbocycles. The lowest BCUT2D eigenvalue weighted by molar-refractivity contribution is -0.168. The molecule has 0 aliphatic carbocycles. The minimum atomic E-state index is -0.383. The lowest BCUT2D eigenvalue weighted by Gasteiger charge is -2.47. The maximum Gasteiger partial charge on any atom is 0.222 e. The van der Waals surface area contributed by atoms with Crippen LogP contribution in [0.3, 0.4) is 0 Å². The fourth-order valence-corrected chi connectivity index (χ4v) is 4.88. The van der Waals surface area contributed by atoms with Gasteiger partial charge in [0.15, 0.2) is 0 Å². The van der Waals surface area contributed by atoms with Gasteiger partial charge in [-0.3, -0.25) is 4.79 Å². The van der Waals surface area contributed by atoms with Gasteiger partial charge in [0.05, 0.1) is 40.6 Å². The summed E-state index contributed by atoms with van der Waals surface area (Å²) in [6, 6.07) is 8.16. The minimum absolute atomic E-state index is 0.187. The van der Waals surface area contributed by atoms with E-state index in [2.05, 4.69) is 21.0 Å². The Bertz CT molecular complexity index is 993. The first-order valence-electron chi connectivity index (χ1n) is 9.22. The van der Waals surface area contributed by atoms with Crippen molar-refractivity contribution in [1.29, 1.82) is 0 Å². The van der Waals surface area contributed by atoms with Crippen LogP contribution in [0.1, 0.15) is 34.9 Å². The van der Waals surface area contributed by atoms with Crippen LogP contribution in [0.5, 0.6) is 0 Å². The zero-order valence-electron chi connectivity index (χ0n) is 15.1. The van der Waals surface area contributed by atoms with Gasteiger partial charge in [0.2, 0.25) is 5.91 Å². The number of benzene rings is 1. The highest BCUT2D eigenvalue weighted by atomic mass is 32.1. The number of aryl methyl sites for hydroxylation is 2. The van der Waals surface area contributed by atoms with E-state index in [0.717, 1.165) is 40.4 Å². The Morgan fingerprint density at radius 2 is 2.15 bits per heavy atom. The number of likely N-dealkylation sites (tertiary alicyclic amines) is 1. The molecule has 138 valence electrons. The number of aromatic nitrogens is 3. The van der Waals surface area contributed by atoms with Gasteiger partial charge >= 0.3 is 0 Å². The van der Waals surface area contributed by atoms with Gasteiger partial charge < -0.3 is 9.64 Å². The van der Waals surface area contributed by atoms with E-state index in [0.29, 0.717) is 26.1 Å². The first-order chi connectivity index (χ1) is 13.1. The zero-order chi connectivity index (χ0) is 18.4. The van der Waals surface area contributed by atoms with Crippen molar-refractivity contribution in [1.82, 2.24) is 19.9 Å². The summed E-state index contributed by atoms with van der Waals surface area (Å²) in [6.07, 6.45) is 4.07. The third-order valence-electron chi connectivity index (χ3n) is 5.33. The van der Waals surface area contributed by atoms with Gasteiger partial charge in [-0.2, -0.15) is 0 Å². The molecule has 2 aliphatic heterocycles. The van der Waals surface area contributed by atoms with Crippen molar-refractivity contribution in [3.05, 3.63) is 52.6 Å². The predicted octanol–water partition coefficient (Wildman–Crippen LogP) is 2.99. The third kappa shape index (κ3) is 2.91. The van der Waals surface area contributed by atoms with Crippen LogP contribution in [-0.2, 0) is 28.2 Å². The van der Waals surface area contributed by atoms with E-state index < -0.39 is 0 Å². The molecule has 27 heavy (non-hydrogen) atoms. The summed E-state index contributed by atoms with van der Waals surface area (Å²) < 4.78 is 7.19. The van der Waals surface area contributed by atoms with E-state index in [1.165, 1.54) is 4.70 Å². The van der Waals surface area contributed by atoms with Crippen LogP contribution < -0.4 is 0 Å². The highest BCUT2D eigenvalue weighted by Gasteiger charge is 2.52. The van der Waals surface area contributed by atoms with Crippen LogP contribution in [0.15, 0.2) is 30.5 Å². The van der Waals surface area contributed by atoms with Gasteiger partial charge in [0.25, 0.3) is 0 Å². The van der Waals surface area contributed by atoms with E-state index in [4.69, 9.17) is 4.74 Å². The summed E-state index contributed by atoms with van der Waals surface area (Å²) in [6.45, 7) is 3.60. The van der Waals surface area contributed by atoms with Crippen LogP contribution >= 0.6 is 11.3 Å². The molecule has 1 fully saturated rings. The molecule has 1 spiro atoms. The Morgan fingerprint density at radius 1 is 1.30 bits per heavy atom. The molecule has 5 rings (SSSR count). The van der Waals surface area contributed by atoms with Crippen LogP contribution in [0.4, 0.5) is 0 Å². The van der Waals surface area contributed by atoms with Crippen molar-refractivity contribution < 1.29 is 9.53 Å². The minimum Gasteiger partial charge on any atom is -0.360 e. The summed E-state index contributed by atoms with van der Waals surface area (Å²) in [5.74, 6) is 0.948. The van der Waals surface area contributed by atoms with E-state index in [-0.39, 0.29) is 11.5 Å². The second-order valence-electron chi connectivity index (χ2n) is 7.24. The Kier molecular flexibility index (Phi) is 3.94. The lowest BCUT2D eigenvalue weighted by atomic mass is 9.87. The molecule has 0 saturated carbocycles. The average molecular weight is 380 g/mol. The summed E-state index contributed by atoms with van der Waals surface area (Å²) in [4.78, 5) is 27.8. The second kappa shape index (κ2) is 6.35. The number of ether oxygens (including phenoxy) is 1. The molecule has 6 nitrogen and oxygen atoms in total. The van der Waals surface area contributed by atoms with E-state index >= 15 is 0 Å². The monoisotopic (exact) mass is 380 g/mol. The Morgan fingerprint density at radius 3 is 3.00 bits per heavy atom. The molecule has 3 aromatic rings. The van der Waals surface area contributed by atoms with Gasteiger partial charge in [0.1, 0.15) is 11.4 Å². The molecule has 0 atom stereocenters. The van der Waals surface area contributed by atoms with Gasteiger partial charge in [0, 0.05) is 18.2 Å². The number of fused-ring (bicyclic) bond motifs is 3. The van der Waals surface area contributed by atoms with Crippen LogP contribution in [0, 0.1) is 6.92 Å². The number of hydrogen-bond acceptors (Lipinski definition) is 6. The Labute approximate surface area is 161 Å². The van der Waals surface area contributed by atoms with Crippen LogP contribution in [0.2, 0.25) is 0 Å². The van der Waals surface area contributed by atoms with Crippen molar-refractivity contribution in [2.45, 2.75) is 38.4 Å². The van der Waals surface area contributed by atoms with Gasteiger partial charge in [-0.25, -0.2) is 15.0 Å². The molecular formula is C20H20N4O2S. The number of hydrogen-bond donors (Lipinski definition) is 0. The molecule has 1 saturated heterocycles. The smallest absolute Gasteiger partial charge is 0.222 e. The molecule has 0 radical (unpaired) electrons. The SMILES string of the molecule is Cc1ncc2c(n1)COC21CN(C(=O)CCCc2nc3ccccc3s2)C1. The topological polar surface area (TPSA) is 68.2 Å². The van der Waals surface area contributed by atoms with Crippen molar-refractivity contribution >= 4 is 27.5 Å². The molecule has 0 bridgehead atoms. The van der Waals surface area contributed by atoms with Gasteiger partial charge in [-0.05, 0) is 31.9 Å². The highest BCUT2D eigenvalue weighted by Crippen LogP contribution is 2.42. The van der Waals surface area contributed by atoms with Crippen molar-refractivity contribution in [3.8, 4) is 0 Å². The largest absolute Gasteiger partial charge is 0.360 e. The van der Waals surface area contributed by atoms with E-state index in [1.807, 2.05) is 36.2 Å². The molecule has 0 N–H and O–H groups in total. The van der Waals surface area contributed by atoms with Crippen molar-refractivity contribution in [2.75, 3.05) is 13.1 Å². The van der Waals surface area contributed by atoms with Crippen molar-refractivity contribution in [2.24, 2.45) is 0 Å². The summed E-state index contributed by atoms with van der Waals surface area (Å²) in [5.41, 5.74) is 2.67. The van der Waals surface area contributed by atoms with E-state index in [9.17, 15) is 4.79 Å². The Balaban J connectivity index is 1.16. The summed E-state index contributed by atoms with van der Waals surface area (Å²) >= 11 is 1.72. The molecule has 2 aliphatic rings. The molecular weight excluding hydrogens is 360 g/mol. The van der Waals surface area contributed by atoms with Crippen LogP contribution in [-0.4, -0.2) is 38.8 Å². The van der Waals surface area contributed by atoms with Crippen molar-refractivity contribution in [3.63, 3.8) is 0 Å². The molecule has 7 heteroatoms. The summed E-state index contributed by atoms with van der Waals surface area (Å²) in [5, 5.41) is 1.10. The lowest BCUT2D eigenvalue weighted by Crippen LogP contribution is -2.61. The molecule has 4 heterocycles. The number of nitrogens with zero attached hydrogens (tertiary/aromatic N) is 4.